The molecular weight excluding hydrogens is 378 g/mol. The van der Waals surface area contributed by atoms with Crippen LogP contribution in [0.5, 0.6) is 5.75 Å². The normalized spacial score (nSPS) is 10.7. The molecule has 0 atom stereocenters. The van der Waals surface area contributed by atoms with Crippen molar-refractivity contribution < 1.29 is 19.1 Å². The molecule has 0 aliphatic rings. The first-order valence-electron chi connectivity index (χ1n) is 9.23. The largest absolute Gasteiger partial charge is 0.488 e. The third-order valence-corrected chi connectivity index (χ3v) is 4.39. The molecule has 0 saturated heterocycles. The molecule has 0 aromatic heterocycles. The molecular formula is C25H19NO4. The van der Waals surface area contributed by atoms with E-state index in [0.29, 0.717) is 22.4 Å². The third kappa shape index (κ3) is 5.00. The van der Waals surface area contributed by atoms with Crippen LogP contribution in [0.2, 0.25) is 0 Å². The van der Waals surface area contributed by atoms with Crippen molar-refractivity contribution in [3.63, 3.8) is 0 Å². The predicted molar refractivity (Wildman–Crippen MR) is 113 cm³/mol. The van der Waals surface area contributed by atoms with E-state index in [4.69, 9.17) is 4.74 Å². The van der Waals surface area contributed by atoms with Crippen LogP contribution in [0, 0.1) is 11.3 Å². The molecule has 0 amide bonds. The van der Waals surface area contributed by atoms with Gasteiger partial charge in [-0.05, 0) is 29.8 Å². The SMILES string of the molecule is COC(=O)c1ccc(COc2ccccc2C=C(C#N)C(=O)c2ccccc2)cc1. The average molecular weight is 397 g/mol. The Morgan fingerprint density at radius 3 is 2.23 bits per heavy atom. The van der Waals surface area contributed by atoms with Gasteiger partial charge in [0.05, 0.1) is 12.7 Å². The Balaban J connectivity index is 1.78. The van der Waals surface area contributed by atoms with Gasteiger partial charge in [0.25, 0.3) is 0 Å². The summed E-state index contributed by atoms with van der Waals surface area (Å²) in [7, 11) is 1.34. The first-order chi connectivity index (χ1) is 14.6. The number of ether oxygens (including phenoxy) is 2. The number of nitriles is 1. The summed E-state index contributed by atoms with van der Waals surface area (Å²) in [6, 6.07) is 24.7. The highest BCUT2D eigenvalue weighted by Crippen LogP contribution is 2.23. The number of hydrogen-bond acceptors (Lipinski definition) is 5. The maximum Gasteiger partial charge on any atom is 0.337 e. The average Bonchev–Trinajstić information content (AvgIpc) is 2.81. The number of nitrogens with zero attached hydrogens (tertiary/aromatic N) is 1. The molecule has 5 nitrogen and oxygen atoms in total. The number of methoxy groups -OCH3 is 1. The van der Waals surface area contributed by atoms with Crippen LogP contribution >= 0.6 is 0 Å². The van der Waals surface area contributed by atoms with E-state index in [-0.39, 0.29) is 18.0 Å². The molecule has 0 radical (unpaired) electrons. The van der Waals surface area contributed by atoms with Crippen molar-refractivity contribution in [3.8, 4) is 11.8 Å². The fourth-order valence-corrected chi connectivity index (χ4v) is 2.80. The second kappa shape index (κ2) is 9.85. The van der Waals surface area contributed by atoms with Gasteiger partial charge in [0.1, 0.15) is 24.0 Å². The molecule has 0 unspecified atom stereocenters. The van der Waals surface area contributed by atoms with Gasteiger partial charge in [-0.1, -0.05) is 60.7 Å². The van der Waals surface area contributed by atoms with Crippen molar-refractivity contribution in [3.05, 3.63) is 107 Å². The molecule has 5 heteroatoms. The number of carbonyl (C=O) groups is 2. The number of Topliss-reactive ketones (excluding diaryl/α,β-unsaturated/α-hetero) is 1. The zero-order valence-corrected chi connectivity index (χ0v) is 16.4. The van der Waals surface area contributed by atoms with E-state index in [9.17, 15) is 14.9 Å². The minimum atomic E-state index is -0.398. The first kappa shape index (κ1) is 20.6. The lowest BCUT2D eigenvalue weighted by molar-refractivity contribution is 0.0600. The summed E-state index contributed by atoms with van der Waals surface area (Å²) in [5.74, 6) is -0.195. The number of rotatable bonds is 7. The van der Waals surface area contributed by atoms with Crippen molar-refractivity contribution >= 4 is 17.8 Å². The lowest BCUT2D eigenvalue weighted by Gasteiger charge is -2.10. The van der Waals surface area contributed by atoms with Gasteiger partial charge in [-0.25, -0.2) is 4.79 Å². The summed E-state index contributed by atoms with van der Waals surface area (Å²) in [5, 5.41) is 9.49. The monoisotopic (exact) mass is 397 g/mol. The molecule has 0 saturated carbocycles. The highest BCUT2D eigenvalue weighted by atomic mass is 16.5. The Bertz CT molecular complexity index is 1110. The highest BCUT2D eigenvalue weighted by Gasteiger charge is 2.13. The second-order valence-corrected chi connectivity index (χ2v) is 6.38. The summed E-state index contributed by atoms with van der Waals surface area (Å²) in [6.07, 6.45) is 1.53. The van der Waals surface area contributed by atoms with Crippen LogP contribution in [0.1, 0.15) is 31.8 Å². The van der Waals surface area contributed by atoms with Crippen LogP contribution in [0.4, 0.5) is 0 Å². The molecule has 0 heterocycles. The van der Waals surface area contributed by atoms with E-state index in [1.165, 1.54) is 13.2 Å². The molecule has 0 fully saturated rings. The molecule has 0 N–H and O–H groups in total. The van der Waals surface area contributed by atoms with Gasteiger partial charge in [-0.3, -0.25) is 4.79 Å². The summed E-state index contributed by atoms with van der Waals surface area (Å²) in [5.41, 5.74) is 2.43. The summed E-state index contributed by atoms with van der Waals surface area (Å²) >= 11 is 0. The molecule has 3 aromatic carbocycles. The van der Waals surface area contributed by atoms with Crippen molar-refractivity contribution in [2.45, 2.75) is 6.61 Å². The maximum atomic E-state index is 12.6. The number of esters is 1. The smallest absolute Gasteiger partial charge is 0.337 e. The quantitative estimate of drug-likeness (QED) is 0.247. The Morgan fingerprint density at radius 2 is 1.57 bits per heavy atom. The van der Waals surface area contributed by atoms with Gasteiger partial charge >= 0.3 is 5.97 Å². The van der Waals surface area contributed by atoms with Gasteiger partial charge < -0.3 is 9.47 Å². The Kier molecular flexibility index (Phi) is 6.75. The van der Waals surface area contributed by atoms with Crippen LogP contribution in [0.3, 0.4) is 0 Å². The Morgan fingerprint density at radius 1 is 0.900 bits per heavy atom. The van der Waals surface area contributed by atoms with E-state index >= 15 is 0 Å². The van der Waals surface area contributed by atoms with E-state index in [2.05, 4.69) is 4.74 Å². The highest BCUT2D eigenvalue weighted by molar-refractivity contribution is 6.14. The summed E-state index contributed by atoms with van der Waals surface area (Å²) in [6.45, 7) is 0.265. The van der Waals surface area contributed by atoms with E-state index in [1.807, 2.05) is 24.3 Å². The molecule has 148 valence electrons. The number of para-hydroxylation sites is 1. The first-order valence-corrected chi connectivity index (χ1v) is 9.23. The Hall–Kier alpha value is -4.17. The van der Waals surface area contributed by atoms with Gasteiger partial charge in [-0.2, -0.15) is 5.26 Å². The van der Waals surface area contributed by atoms with Crippen LogP contribution in [0.15, 0.2) is 84.4 Å². The fourth-order valence-electron chi connectivity index (χ4n) is 2.80. The number of benzene rings is 3. The molecule has 0 aliphatic carbocycles. The number of carbonyl (C=O) groups excluding carboxylic acids is 2. The molecule has 0 bridgehead atoms. The van der Waals surface area contributed by atoms with Crippen molar-refractivity contribution in [2.75, 3.05) is 7.11 Å². The molecule has 3 aromatic rings. The minimum absolute atomic E-state index is 0.0275. The third-order valence-electron chi connectivity index (χ3n) is 4.39. The van der Waals surface area contributed by atoms with E-state index in [0.717, 1.165) is 5.56 Å². The lowest BCUT2D eigenvalue weighted by Crippen LogP contribution is -2.03. The summed E-state index contributed by atoms with van der Waals surface area (Å²) in [4.78, 5) is 24.1. The van der Waals surface area contributed by atoms with Gasteiger partial charge in [0.2, 0.25) is 5.78 Å². The van der Waals surface area contributed by atoms with Gasteiger partial charge in [0, 0.05) is 11.1 Å². The number of allylic oxidation sites excluding steroid dienone is 1. The Labute approximate surface area is 174 Å². The standard InChI is InChI=1S/C25H19NO4/c1-29-25(28)20-13-11-18(12-14-20)17-30-23-10-6-5-9-21(23)15-22(16-26)24(27)19-7-3-2-4-8-19/h2-15H,17H2,1H3. The van der Waals surface area contributed by atoms with Crippen LogP contribution in [0.25, 0.3) is 6.08 Å². The lowest BCUT2D eigenvalue weighted by atomic mass is 10.0. The van der Waals surface area contributed by atoms with Crippen molar-refractivity contribution in [1.29, 1.82) is 5.26 Å². The van der Waals surface area contributed by atoms with Gasteiger partial charge in [-0.15, -0.1) is 0 Å². The number of hydrogen-bond donors (Lipinski definition) is 0. The zero-order chi connectivity index (χ0) is 21.3. The second-order valence-electron chi connectivity index (χ2n) is 6.38. The molecule has 0 spiro atoms. The minimum Gasteiger partial charge on any atom is -0.488 e. The molecule has 3 rings (SSSR count). The number of ketones is 1. The van der Waals surface area contributed by atoms with Crippen LogP contribution < -0.4 is 4.74 Å². The predicted octanol–water partition coefficient (Wildman–Crippen LogP) is 4.84. The molecule has 0 aliphatic heterocycles. The van der Waals surface area contributed by atoms with Crippen molar-refractivity contribution in [1.82, 2.24) is 0 Å². The maximum absolute atomic E-state index is 12.6. The van der Waals surface area contributed by atoms with Crippen LogP contribution in [-0.4, -0.2) is 18.9 Å². The van der Waals surface area contributed by atoms with Gasteiger partial charge in [0.15, 0.2) is 0 Å². The molecule has 30 heavy (non-hydrogen) atoms. The summed E-state index contributed by atoms with van der Waals surface area (Å²) < 4.78 is 10.6. The topological polar surface area (TPSA) is 76.4 Å². The zero-order valence-electron chi connectivity index (χ0n) is 16.4. The fraction of sp³-hybridized carbons (Fsp3) is 0.0800. The van der Waals surface area contributed by atoms with E-state index in [1.54, 1.807) is 60.7 Å². The van der Waals surface area contributed by atoms with E-state index < -0.39 is 5.97 Å². The van der Waals surface area contributed by atoms with Crippen molar-refractivity contribution in [2.24, 2.45) is 0 Å². The van der Waals surface area contributed by atoms with Crippen LogP contribution in [-0.2, 0) is 11.3 Å².